The van der Waals surface area contributed by atoms with Gasteiger partial charge in [-0.15, -0.1) is 0 Å². The first-order chi connectivity index (χ1) is 7.55. The smallest absolute Gasteiger partial charge is 0.204 e. The Balaban J connectivity index is 2.44. The van der Waals surface area contributed by atoms with Crippen molar-refractivity contribution in [1.82, 2.24) is 5.32 Å². The summed E-state index contributed by atoms with van der Waals surface area (Å²) >= 11 is 5.80. The molecule has 0 atom stereocenters. The quantitative estimate of drug-likeness (QED) is 0.902. The maximum atomic E-state index is 12.1. The number of hydrogen-bond donors (Lipinski definition) is 1. The summed E-state index contributed by atoms with van der Waals surface area (Å²) in [6, 6.07) is 4.93. The molecule has 1 N–H and O–H groups in total. The van der Waals surface area contributed by atoms with Crippen molar-refractivity contribution in [3.05, 3.63) is 33.7 Å². The zero-order valence-corrected chi connectivity index (χ0v) is 10.4. The minimum atomic E-state index is -3.33. The largest absolute Gasteiger partial charge is 0.312 e. The summed E-state index contributed by atoms with van der Waals surface area (Å²) in [5.41, 5.74) is 0.720. The van der Waals surface area contributed by atoms with Crippen LogP contribution in [0, 0.1) is 0 Å². The third-order valence-corrected chi connectivity index (χ3v) is 4.60. The number of hydrogen-bond acceptors (Lipinski definition) is 3. The van der Waals surface area contributed by atoms with E-state index in [2.05, 4.69) is 5.32 Å². The summed E-state index contributed by atoms with van der Waals surface area (Å²) in [6.45, 7) is 3.04. The molecule has 0 amide bonds. The lowest BCUT2D eigenvalue weighted by molar-refractivity contribution is 0.601. The van der Waals surface area contributed by atoms with Crippen molar-refractivity contribution in [1.29, 1.82) is 0 Å². The van der Waals surface area contributed by atoms with Gasteiger partial charge in [0.1, 0.15) is 0 Å². The number of halogens is 1. The molecule has 0 bridgehead atoms. The van der Waals surface area contributed by atoms with E-state index >= 15 is 0 Å². The normalized spacial score (nSPS) is 17.0. The molecule has 0 fully saturated rings. The molecule has 5 heteroatoms. The van der Waals surface area contributed by atoms with Gasteiger partial charge in [0, 0.05) is 11.6 Å². The molecule has 1 heterocycles. The second-order valence-corrected chi connectivity index (χ2v) is 5.98. The van der Waals surface area contributed by atoms with Gasteiger partial charge in [-0.05, 0) is 30.3 Å². The van der Waals surface area contributed by atoms with E-state index in [0.29, 0.717) is 21.4 Å². The molecule has 2 rings (SSSR count). The van der Waals surface area contributed by atoms with Crippen LogP contribution in [0.1, 0.15) is 12.5 Å². The lowest BCUT2D eigenvalue weighted by atomic mass is 10.2. The van der Waals surface area contributed by atoms with Crippen molar-refractivity contribution >= 4 is 27.5 Å². The lowest BCUT2D eigenvalue weighted by Crippen LogP contribution is -2.19. The molecule has 0 saturated heterocycles. The molecule has 1 aromatic rings. The maximum absolute atomic E-state index is 12.1. The Bertz CT molecular complexity index is 549. The Hall–Kier alpha value is -0.840. The van der Waals surface area contributed by atoms with E-state index in [1.54, 1.807) is 18.2 Å². The Morgan fingerprint density at radius 1 is 1.38 bits per heavy atom. The van der Waals surface area contributed by atoms with Crippen LogP contribution in [-0.2, 0) is 9.84 Å². The molecule has 0 aromatic heterocycles. The fourth-order valence-electron chi connectivity index (χ4n) is 1.65. The van der Waals surface area contributed by atoms with Crippen molar-refractivity contribution in [3.8, 4) is 0 Å². The molecule has 1 aliphatic rings. The third-order valence-electron chi connectivity index (χ3n) is 2.48. The summed E-state index contributed by atoms with van der Waals surface area (Å²) < 4.78 is 24.2. The van der Waals surface area contributed by atoms with E-state index in [1.807, 2.05) is 6.92 Å². The highest BCUT2D eigenvalue weighted by molar-refractivity contribution is 7.95. The Kier molecular flexibility index (Phi) is 3.06. The van der Waals surface area contributed by atoms with Crippen LogP contribution in [-0.4, -0.2) is 21.5 Å². The van der Waals surface area contributed by atoms with E-state index in [0.717, 1.165) is 12.1 Å². The average molecular weight is 258 g/mol. The van der Waals surface area contributed by atoms with Gasteiger partial charge in [0.25, 0.3) is 0 Å². The highest BCUT2D eigenvalue weighted by Crippen LogP contribution is 2.33. The standard InChI is InChI=1S/C11H12ClNO2S/c1-2-13-7-10-5-8-3-4-9(12)6-11(8)16(10,14)15/h3-6,13H,2,7H2,1H3. The number of likely N-dealkylation sites (N-methyl/N-ethyl adjacent to an activating group) is 1. The van der Waals surface area contributed by atoms with Crippen molar-refractivity contribution in [2.75, 3.05) is 13.1 Å². The number of nitrogens with one attached hydrogen (secondary N) is 1. The Morgan fingerprint density at radius 3 is 2.81 bits per heavy atom. The van der Waals surface area contributed by atoms with Crippen LogP contribution in [0.15, 0.2) is 28.0 Å². The second kappa shape index (κ2) is 4.20. The Morgan fingerprint density at radius 2 is 2.12 bits per heavy atom. The average Bonchev–Trinajstić information content (AvgIpc) is 2.48. The monoisotopic (exact) mass is 257 g/mol. The second-order valence-electron chi connectivity index (χ2n) is 3.58. The van der Waals surface area contributed by atoms with Crippen LogP contribution in [0.3, 0.4) is 0 Å². The topological polar surface area (TPSA) is 46.2 Å². The van der Waals surface area contributed by atoms with Crippen LogP contribution in [0.25, 0.3) is 6.08 Å². The van der Waals surface area contributed by atoms with Crippen molar-refractivity contribution in [2.45, 2.75) is 11.8 Å². The first-order valence-electron chi connectivity index (χ1n) is 5.01. The highest BCUT2D eigenvalue weighted by atomic mass is 35.5. The molecule has 0 unspecified atom stereocenters. The lowest BCUT2D eigenvalue weighted by Gasteiger charge is -2.04. The van der Waals surface area contributed by atoms with Crippen molar-refractivity contribution < 1.29 is 8.42 Å². The van der Waals surface area contributed by atoms with Gasteiger partial charge in [-0.1, -0.05) is 24.6 Å². The van der Waals surface area contributed by atoms with Gasteiger partial charge in [0.15, 0.2) is 0 Å². The first-order valence-corrected chi connectivity index (χ1v) is 6.87. The summed E-state index contributed by atoms with van der Waals surface area (Å²) in [7, 11) is -3.33. The van der Waals surface area contributed by atoms with Crippen LogP contribution in [0.2, 0.25) is 5.02 Å². The minimum absolute atomic E-state index is 0.313. The first kappa shape index (κ1) is 11.6. The van der Waals surface area contributed by atoms with E-state index in [-0.39, 0.29) is 0 Å². The maximum Gasteiger partial charge on any atom is 0.204 e. The van der Waals surface area contributed by atoms with E-state index in [9.17, 15) is 8.42 Å². The fraction of sp³-hybridized carbons (Fsp3) is 0.273. The van der Waals surface area contributed by atoms with Gasteiger partial charge < -0.3 is 5.32 Å². The zero-order chi connectivity index (χ0) is 11.8. The van der Waals surface area contributed by atoms with Gasteiger partial charge in [0.2, 0.25) is 9.84 Å². The van der Waals surface area contributed by atoms with Crippen molar-refractivity contribution in [3.63, 3.8) is 0 Å². The SMILES string of the molecule is CCNCC1=Cc2ccc(Cl)cc2S1(=O)=O. The molecular weight excluding hydrogens is 246 g/mol. The molecule has 0 aliphatic carbocycles. The predicted octanol–water partition coefficient (Wildman–Crippen LogP) is 2.08. The van der Waals surface area contributed by atoms with E-state index < -0.39 is 9.84 Å². The van der Waals surface area contributed by atoms with Crippen molar-refractivity contribution in [2.24, 2.45) is 0 Å². The molecule has 1 aromatic carbocycles. The molecule has 0 radical (unpaired) electrons. The fourth-order valence-corrected chi connectivity index (χ4v) is 3.46. The number of fused-ring (bicyclic) bond motifs is 1. The summed E-state index contributed by atoms with van der Waals surface area (Å²) in [5.74, 6) is 0. The molecule has 0 spiro atoms. The third kappa shape index (κ3) is 1.88. The summed E-state index contributed by atoms with van der Waals surface area (Å²) in [6.07, 6.45) is 1.70. The number of benzene rings is 1. The van der Waals surface area contributed by atoms with Crippen LogP contribution in [0.4, 0.5) is 0 Å². The van der Waals surface area contributed by atoms with Gasteiger partial charge in [-0.3, -0.25) is 0 Å². The minimum Gasteiger partial charge on any atom is -0.312 e. The van der Waals surface area contributed by atoms with Gasteiger partial charge in [-0.25, -0.2) is 8.42 Å². The van der Waals surface area contributed by atoms with E-state index in [1.165, 1.54) is 6.07 Å². The summed E-state index contributed by atoms with van der Waals surface area (Å²) in [4.78, 5) is 0.722. The number of sulfone groups is 1. The van der Waals surface area contributed by atoms with Crippen LogP contribution >= 0.6 is 11.6 Å². The van der Waals surface area contributed by atoms with Crippen LogP contribution in [0.5, 0.6) is 0 Å². The summed E-state index contributed by atoms with van der Waals surface area (Å²) in [5, 5.41) is 3.46. The number of rotatable bonds is 3. The van der Waals surface area contributed by atoms with E-state index in [4.69, 9.17) is 11.6 Å². The molecule has 86 valence electrons. The Labute approximate surface area is 100 Å². The molecule has 0 saturated carbocycles. The van der Waals surface area contributed by atoms with Gasteiger partial charge in [0.05, 0.1) is 9.80 Å². The highest BCUT2D eigenvalue weighted by Gasteiger charge is 2.28. The molecule has 1 aliphatic heterocycles. The predicted molar refractivity (Wildman–Crippen MR) is 65.2 cm³/mol. The zero-order valence-electron chi connectivity index (χ0n) is 8.83. The molecular formula is C11H12ClNO2S. The van der Waals surface area contributed by atoms with Gasteiger partial charge in [-0.2, -0.15) is 0 Å². The molecule has 3 nitrogen and oxygen atoms in total. The van der Waals surface area contributed by atoms with Crippen LogP contribution < -0.4 is 5.32 Å². The molecule has 16 heavy (non-hydrogen) atoms. The van der Waals surface area contributed by atoms with Gasteiger partial charge >= 0.3 is 0 Å².